The number of nitrogens with zero attached hydrogens (tertiary/aromatic N) is 1. The number of hydrogen-bond donors (Lipinski definition) is 1. The fraction of sp³-hybridized carbons (Fsp3) is 0.360. The molecule has 4 atom stereocenters. The van der Waals surface area contributed by atoms with E-state index in [1.807, 2.05) is 0 Å². The van der Waals surface area contributed by atoms with Crippen LogP contribution in [0, 0.1) is 11.8 Å². The van der Waals surface area contributed by atoms with Crippen LogP contribution in [0.5, 0.6) is 11.5 Å². The molecule has 1 aliphatic carbocycles. The van der Waals surface area contributed by atoms with Crippen molar-refractivity contribution >= 4 is 58.3 Å². The zero-order chi connectivity index (χ0) is 26.0. The molecule has 0 bridgehead atoms. The van der Waals surface area contributed by atoms with Crippen LogP contribution >= 0.6 is 23.2 Å². The second kappa shape index (κ2) is 10.8. The second-order valence-electron chi connectivity index (χ2n) is 8.47. The zero-order valence-corrected chi connectivity index (χ0v) is 21.0. The Morgan fingerprint density at radius 3 is 2.25 bits per heavy atom. The molecule has 36 heavy (non-hydrogen) atoms. The number of benzene rings is 2. The summed E-state index contributed by atoms with van der Waals surface area (Å²) in [6, 6.07) is 10.8. The number of hydrogen-bond acceptors (Lipinski definition) is 7. The number of alkyl halides is 2. The average molecular weight is 535 g/mol. The fourth-order valence-corrected chi connectivity index (χ4v) is 5.02. The van der Waals surface area contributed by atoms with Gasteiger partial charge in [-0.05, 0) is 43.2 Å². The molecule has 1 aliphatic heterocycles. The van der Waals surface area contributed by atoms with Crippen LogP contribution in [0.25, 0.3) is 0 Å². The summed E-state index contributed by atoms with van der Waals surface area (Å²) in [5.74, 6) is -2.27. The smallest absolute Gasteiger partial charge is 0.338 e. The number of methoxy groups -OCH3 is 2. The van der Waals surface area contributed by atoms with Gasteiger partial charge in [0.25, 0.3) is 5.91 Å². The van der Waals surface area contributed by atoms with E-state index in [1.54, 1.807) is 24.3 Å². The van der Waals surface area contributed by atoms with Gasteiger partial charge in [-0.2, -0.15) is 0 Å². The van der Waals surface area contributed by atoms with E-state index in [1.165, 1.54) is 32.4 Å². The van der Waals surface area contributed by atoms with Gasteiger partial charge in [-0.1, -0.05) is 6.07 Å². The monoisotopic (exact) mass is 534 g/mol. The molecule has 2 aromatic carbocycles. The van der Waals surface area contributed by atoms with Gasteiger partial charge in [0.05, 0.1) is 53.7 Å². The van der Waals surface area contributed by atoms with Crippen LogP contribution in [0.4, 0.5) is 11.4 Å². The Kier molecular flexibility index (Phi) is 7.70. The molecule has 0 spiro atoms. The lowest BCUT2D eigenvalue weighted by Crippen LogP contribution is -2.34. The van der Waals surface area contributed by atoms with Crippen LogP contribution in [-0.4, -0.2) is 55.3 Å². The molecule has 2 fully saturated rings. The van der Waals surface area contributed by atoms with Crippen molar-refractivity contribution in [1.29, 1.82) is 0 Å². The van der Waals surface area contributed by atoms with Crippen molar-refractivity contribution in [3.05, 3.63) is 48.0 Å². The highest BCUT2D eigenvalue weighted by molar-refractivity contribution is 6.31. The Morgan fingerprint density at radius 2 is 1.64 bits per heavy atom. The molecule has 1 saturated heterocycles. The number of esters is 1. The Bertz CT molecular complexity index is 1180. The molecule has 1 heterocycles. The van der Waals surface area contributed by atoms with Gasteiger partial charge >= 0.3 is 5.97 Å². The lowest BCUT2D eigenvalue weighted by Gasteiger charge is -2.28. The standard InChI is InChI=1S/C25H24Cl2N2O7/c1-34-15-6-7-21(35-2)20(9-15)28-22(30)12-36-25(33)13-4-3-5-14(8-13)29-23(31)16-10-18(26)19(27)11-17(16)24(29)32/h3-9,16-19H,10-12H2,1-2H3,(H,28,30)/t16-,17-,18+,19+/m1/s1. The summed E-state index contributed by atoms with van der Waals surface area (Å²) in [7, 11) is 2.95. The third kappa shape index (κ3) is 5.12. The molecule has 9 nitrogen and oxygen atoms in total. The molecule has 1 N–H and O–H groups in total. The molecule has 2 aliphatic rings. The quantitative estimate of drug-likeness (QED) is 0.328. The first-order valence-corrected chi connectivity index (χ1v) is 12.1. The summed E-state index contributed by atoms with van der Waals surface area (Å²) in [5.41, 5.74) is 0.683. The van der Waals surface area contributed by atoms with Crippen molar-refractivity contribution in [3.8, 4) is 11.5 Å². The van der Waals surface area contributed by atoms with Crippen LogP contribution in [0.1, 0.15) is 23.2 Å². The third-order valence-corrected chi connectivity index (χ3v) is 7.36. The molecule has 2 aromatic rings. The van der Waals surface area contributed by atoms with E-state index in [0.29, 0.717) is 30.0 Å². The van der Waals surface area contributed by atoms with Crippen LogP contribution in [-0.2, 0) is 19.1 Å². The van der Waals surface area contributed by atoms with E-state index in [9.17, 15) is 19.2 Å². The summed E-state index contributed by atoms with van der Waals surface area (Å²) in [5, 5.41) is 1.82. The highest BCUT2D eigenvalue weighted by Crippen LogP contribution is 2.43. The number of rotatable bonds is 7. The van der Waals surface area contributed by atoms with Gasteiger partial charge in [-0.3, -0.25) is 19.3 Å². The second-order valence-corrected chi connectivity index (χ2v) is 9.59. The average Bonchev–Trinajstić information content (AvgIpc) is 3.11. The van der Waals surface area contributed by atoms with Gasteiger partial charge in [-0.25, -0.2) is 4.79 Å². The van der Waals surface area contributed by atoms with E-state index < -0.39 is 41.1 Å². The van der Waals surface area contributed by atoms with Crippen molar-refractivity contribution < 1.29 is 33.4 Å². The molecule has 4 rings (SSSR count). The zero-order valence-electron chi connectivity index (χ0n) is 19.5. The molecule has 190 valence electrons. The van der Waals surface area contributed by atoms with E-state index in [-0.39, 0.29) is 23.1 Å². The largest absolute Gasteiger partial charge is 0.497 e. The van der Waals surface area contributed by atoms with Crippen LogP contribution in [0.3, 0.4) is 0 Å². The molecular formula is C25H24Cl2N2O7. The van der Waals surface area contributed by atoms with Gasteiger partial charge < -0.3 is 19.5 Å². The van der Waals surface area contributed by atoms with Crippen LogP contribution in [0.15, 0.2) is 42.5 Å². The Balaban J connectivity index is 1.42. The van der Waals surface area contributed by atoms with E-state index in [2.05, 4.69) is 5.32 Å². The number of imide groups is 1. The minimum Gasteiger partial charge on any atom is -0.497 e. The van der Waals surface area contributed by atoms with Gasteiger partial charge in [0.2, 0.25) is 11.8 Å². The number of anilines is 2. The number of fused-ring (bicyclic) bond motifs is 1. The minimum absolute atomic E-state index is 0.0835. The summed E-state index contributed by atoms with van der Waals surface area (Å²) in [4.78, 5) is 52.0. The van der Waals surface area contributed by atoms with E-state index in [0.717, 1.165) is 4.90 Å². The molecule has 3 amide bonds. The number of carbonyl (C=O) groups is 4. The summed E-state index contributed by atoms with van der Waals surface area (Å²) >= 11 is 12.5. The number of amides is 3. The van der Waals surface area contributed by atoms with Gasteiger partial charge in [-0.15, -0.1) is 23.2 Å². The molecule has 11 heteroatoms. The maximum atomic E-state index is 13.0. The third-order valence-electron chi connectivity index (χ3n) is 6.27. The minimum atomic E-state index is -0.789. The lowest BCUT2D eigenvalue weighted by molar-refractivity contribution is -0.122. The van der Waals surface area contributed by atoms with Crippen molar-refractivity contribution in [2.75, 3.05) is 31.0 Å². The predicted molar refractivity (Wildman–Crippen MR) is 133 cm³/mol. The topological polar surface area (TPSA) is 111 Å². The Hall–Kier alpha value is -3.30. The maximum Gasteiger partial charge on any atom is 0.338 e. The molecule has 1 saturated carbocycles. The Labute approximate surface area is 217 Å². The number of nitrogens with one attached hydrogen (secondary N) is 1. The first-order chi connectivity index (χ1) is 17.2. The highest BCUT2D eigenvalue weighted by Gasteiger charge is 2.52. The summed E-state index contributed by atoms with van der Waals surface area (Å²) in [6.07, 6.45) is 0.632. The lowest BCUT2D eigenvalue weighted by atomic mass is 9.80. The molecule has 0 aromatic heterocycles. The first kappa shape index (κ1) is 25.8. The van der Waals surface area contributed by atoms with E-state index >= 15 is 0 Å². The highest BCUT2D eigenvalue weighted by atomic mass is 35.5. The predicted octanol–water partition coefficient (Wildman–Crippen LogP) is 3.61. The van der Waals surface area contributed by atoms with Crippen molar-refractivity contribution in [3.63, 3.8) is 0 Å². The normalized spacial score (nSPS) is 23.2. The first-order valence-electron chi connectivity index (χ1n) is 11.2. The van der Waals surface area contributed by atoms with Crippen molar-refractivity contribution in [2.45, 2.75) is 23.6 Å². The van der Waals surface area contributed by atoms with Crippen LogP contribution < -0.4 is 19.7 Å². The number of ether oxygens (including phenoxy) is 3. The van der Waals surface area contributed by atoms with Crippen molar-refractivity contribution in [1.82, 2.24) is 0 Å². The van der Waals surface area contributed by atoms with E-state index in [4.69, 9.17) is 37.4 Å². The SMILES string of the molecule is COc1ccc(OC)c(NC(=O)COC(=O)c2cccc(N3C(=O)[C@@H]4C[C@H](Cl)[C@@H](Cl)C[C@H]4C3=O)c2)c1. The molecular weight excluding hydrogens is 511 g/mol. The molecule has 0 radical (unpaired) electrons. The fourth-order valence-electron chi connectivity index (χ4n) is 4.43. The number of carbonyl (C=O) groups excluding carboxylic acids is 4. The van der Waals surface area contributed by atoms with Gasteiger partial charge in [0.1, 0.15) is 11.5 Å². The number of halogens is 2. The Morgan fingerprint density at radius 1 is 0.972 bits per heavy atom. The molecule has 0 unspecified atom stereocenters. The maximum absolute atomic E-state index is 13.0. The van der Waals surface area contributed by atoms with Crippen molar-refractivity contribution in [2.24, 2.45) is 11.8 Å². The summed E-state index contributed by atoms with van der Waals surface area (Å²) < 4.78 is 15.5. The van der Waals surface area contributed by atoms with Gasteiger partial charge in [0.15, 0.2) is 6.61 Å². The van der Waals surface area contributed by atoms with Crippen LogP contribution in [0.2, 0.25) is 0 Å². The van der Waals surface area contributed by atoms with Gasteiger partial charge in [0, 0.05) is 6.07 Å². The summed E-state index contributed by atoms with van der Waals surface area (Å²) in [6.45, 7) is -0.566.